The van der Waals surface area contributed by atoms with Crippen LogP contribution in [0.3, 0.4) is 0 Å². The highest BCUT2D eigenvalue weighted by atomic mass is 16.6. The second-order valence-corrected chi connectivity index (χ2v) is 6.04. The number of quaternary nitrogens is 1. The first-order valence-electron chi connectivity index (χ1n) is 8.14. The minimum Gasteiger partial charge on any atom is -0.462 e. The summed E-state index contributed by atoms with van der Waals surface area (Å²) in [5.41, 5.74) is 1.78. The first-order chi connectivity index (χ1) is 12.6. The molecule has 2 aromatic heterocycles. The molecule has 0 saturated heterocycles. The Kier molecular flexibility index (Phi) is 4.02. The van der Waals surface area contributed by atoms with Crippen molar-refractivity contribution in [3.8, 4) is 0 Å². The predicted molar refractivity (Wildman–Crippen MR) is 92.9 cm³/mol. The van der Waals surface area contributed by atoms with E-state index < -0.39 is 17.1 Å². The average molecular weight is 353 g/mol. The first-order valence-corrected chi connectivity index (χ1v) is 8.14. The number of nitrogens with two attached hydrogens (primary N) is 1. The van der Waals surface area contributed by atoms with Gasteiger partial charge in [0.1, 0.15) is 0 Å². The Morgan fingerprint density at radius 1 is 1.12 bits per heavy atom. The van der Waals surface area contributed by atoms with E-state index in [1.54, 1.807) is 29.5 Å². The zero-order valence-electron chi connectivity index (χ0n) is 14.0. The Morgan fingerprint density at radius 3 is 2.46 bits per heavy atom. The van der Waals surface area contributed by atoms with E-state index in [9.17, 15) is 10.1 Å². The van der Waals surface area contributed by atoms with Gasteiger partial charge < -0.3 is 18.9 Å². The van der Waals surface area contributed by atoms with Crippen LogP contribution in [0.1, 0.15) is 29.3 Å². The van der Waals surface area contributed by atoms with Crippen LogP contribution in [0.4, 0.5) is 5.69 Å². The van der Waals surface area contributed by atoms with Crippen LogP contribution in [0.2, 0.25) is 0 Å². The lowest BCUT2D eigenvalue weighted by atomic mass is 10.1. The number of amidine groups is 1. The van der Waals surface area contributed by atoms with Crippen LogP contribution in [-0.4, -0.2) is 10.8 Å². The summed E-state index contributed by atoms with van der Waals surface area (Å²) in [5, 5.41) is 19.5. The Morgan fingerprint density at radius 2 is 1.85 bits per heavy atom. The van der Waals surface area contributed by atoms with Crippen molar-refractivity contribution in [1.29, 1.82) is 0 Å². The molecule has 0 aliphatic carbocycles. The molecule has 4 rings (SSSR count). The maximum Gasteiger partial charge on any atom is 0.430 e. The molecule has 132 valence electrons. The summed E-state index contributed by atoms with van der Waals surface area (Å²) in [5.74, 6) is 0.930. The van der Waals surface area contributed by atoms with Crippen LogP contribution >= 0.6 is 0 Å². The lowest BCUT2D eigenvalue weighted by Gasteiger charge is -2.27. The Labute approximate surface area is 148 Å². The highest BCUT2D eigenvalue weighted by molar-refractivity contribution is 5.81. The SMILES string of the molecule is Cc1cccc(N2N=C([N+](=O)[O-])[C@@H](c3ccco3)[NH2+][C@@H]2c2ccco2)c1. The van der Waals surface area contributed by atoms with Crippen LogP contribution in [-0.2, 0) is 0 Å². The van der Waals surface area contributed by atoms with Gasteiger partial charge in [-0.25, -0.2) is 0 Å². The summed E-state index contributed by atoms with van der Waals surface area (Å²) in [6, 6.07) is 14.0. The summed E-state index contributed by atoms with van der Waals surface area (Å²) < 4.78 is 11.0. The molecule has 3 heterocycles. The van der Waals surface area contributed by atoms with Gasteiger partial charge in [-0.1, -0.05) is 12.1 Å². The number of hydrazone groups is 1. The van der Waals surface area contributed by atoms with Crippen molar-refractivity contribution in [3.63, 3.8) is 0 Å². The summed E-state index contributed by atoms with van der Waals surface area (Å²) in [7, 11) is 0. The Hall–Kier alpha value is -3.39. The van der Waals surface area contributed by atoms with E-state index in [0.717, 1.165) is 11.3 Å². The molecular formula is C18H17N4O4+. The van der Waals surface area contributed by atoms with Crippen LogP contribution in [0, 0.1) is 17.0 Å². The van der Waals surface area contributed by atoms with E-state index in [1.807, 2.05) is 42.6 Å². The molecular weight excluding hydrogens is 336 g/mol. The van der Waals surface area contributed by atoms with Gasteiger partial charge in [0.15, 0.2) is 11.5 Å². The molecule has 0 bridgehead atoms. The molecule has 8 nitrogen and oxygen atoms in total. The molecule has 2 atom stereocenters. The van der Waals surface area contributed by atoms with Crippen molar-refractivity contribution >= 4 is 11.5 Å². The molecule has 1 aliphatic rings. The summed E-state index contributed by atoms with van der Waals surface area (Å²) in [6.45, 7) is 1.96. The van der Waals surface area contributed by atoms with E-state index in [2.05, 4.69) is 5.10 Å². The van der Waals surface area contributed by atoms with Gasteiger partial charge in [-0.3, -0.25) is 5.32 Å². The van der Waals surface area contributed by atoms with Gasteiger partial charge in [-0.05, 0) is 53.8 Å². The monoisotopic (exact) mass is 353 g/mol. The van der Waals surface area contributed by atoms with Crippen molar-refractivity contribution in [3.05, 3.63) is 88.3 Å². The molecule has 3 aromatic rings. The van der Waals surface area contributed by atoms with Gasteiger partial charge >= 0.3 is 5.84 Å². The third kappa shape index (κ3) is 2.86. The second kappa shape index (κ2) is 6.49. The molecule has 1 aliphatic heterocycles. The molecule has 0 amide bonds. The molecule has 0 radical (unpaired) electrons. The Balaban J connectivity index is 1.84. The van der Waals surface area contributed by atoms with Crippen molar-refractivity contribution < 1.29 is 19.1 Å². The van der Waals surface area contributed by atoms with Gasteiger partial charge in [0.2, 0.25) is 0 Å². The van der Waals surface area contributed by atoms with Crippen molar-refractivity contribution in [1.82, 2.24) is 0 Å². The van der Waals surface area contributed by atoms with Crippen molar-refractivity contribution in [2.24, 2.45) is 5.10 Å². The highest BCUT2D eigenvalue weighted by Crippen LogP contribution is 2.29. The number of nitrogens with zero attached hydrogens (tertiary/aromatic N) is 3. The third-order valence-electron chi connectivity index (χ3n) is 4.26. The number of benzene rings is 1. The van der Waals surface area contributed by atoms with Gasteiger partial charge in [-0.15, -0.1) is 5.01 Å². The fourth-order valence-electron chi connectivity index (χ4n) is 3.09. The molecule has 1 aromatic carbocycles. The number of nitro groups is 1. The number of hydrogen-bond donors (Lipinski definition) is 1. The predicted octanol–water partition coefficient (Wildman–Crippen LogP) is 2.59. The molecule has 0 unspecified atom stereocenters. The topological polar surface area (TPSA) is 102 Å². The molecule has 0 spiro atoms. The van der Waals surface area contributed by atoms with Gasteiger partial charge in [0, 0.05) is 0 Å². The molecule has 0 saturated carbocycles. The van der Waals surface area contributed by atoms with Gasteiger partial charge in [-0.2, -0.15) is 0 Å². The second-order valence-electron chi connectivity index (χ2n) is 6.04. The molecule has 0 fully saturated rings. The van der Waals surface area contributed by atoms with Gasteiger partial charge in [0.05, 0.1) is 23.3 Å². The van der Waals surface area contributed by atoms with E-state index in [1.165, 1.54) is 6.26 Å². The maximum atomic E-state index is 11.7. The summed E-state index contributed by atoms with van der Waals surface area (Å²) >= 11 is 0. The summed E-state index contributed by atoms with van der Waals surface area (Å²) in [6.07, 6.45) is 2.67. The minimum absolute atomic E-state index is 0.190. The number of rotatable bonds is 3. The first kappa shape index (κ1) is 16.1. The normalized spacial score (nSPS) is 20.0. The van der Waals surface area contributed by atoms with Crippen molar-refractivity contribution in [2.75, 3.05) is 5.01 Å². The molecule has 8 heteroatoms. The standard InChI is InChI=1S/C18H16N4O4/c1-12-5-2-6-13(11-12)21-17(15-8-4-10-26-15)19-16(14-7-3-9-25-14)18(20-21)22(23)24/h2-11,16-17,19H,1H3/p+1/t16-,17+/m1/s1. The number of hydrogen-bond acceptors (Lipinski definition) is 6. The number of aryl methyl sites for hydroxylation is 1. The molecule has 2 N–H and O–H groups in total. The van der Waals surface area contributed by atoms with E-state index >= 15 is 0 Å². The summed E-state index contributed by atoms with van der Waals surface area (Å²) in [4.78, 5) is 11.2. The number of furan rings is 2. The quantitative estimate of drug-likeness (QED) is 0.576. The smallest absolute Gasteiger partial charge is 0.430 e. The van der Waals surface area contributed by atoms with Crippen LogP contribution in [0.25, 0.3) is 0 Å². The van der Waals surface area contributed by atoms with Crippen LogP contribution in [0.5, 0.6) is 0 Å². The zero-order valence-corrected chi connectivity index (χ0v) is 14.0. The average Bonchev–Trinajstić information content (AvgIpc) is 3.34. The fraction of sp³-hybridized carbons (Fsp3) is 0.167. The van der Waals surface area contributed by atoms with Crippen molar-refractivity contribution in [2.45, 2.75) is 19.1 Å². The third-order valence-corrected chi connectivity index (χ3v) is 4.26. The number of anilines is 1. The van der Waals surface area contributed by atoms with E-state index in [0.29, 0.717) is 11.5 Å². The lowest BCUT2D eigenvalue weighted by Crippen LogP contribution is -2.92. The minimum atomic E-state index is -0.670. The molecule has 26 heavy (non-hydrogen) atoms. The van der Waals surface area contributed by atoms with Crippen LogP contribution in [0.15, 0.2) is 75.0 Å². The zero-order chi connectivity index (χ0) is 18.1. The fourth-order valence-corrected chi connectivity index (χ4v) is 3.09. The maximum absolute atomic E-state index is 11.7. The van der Waals surface area contributed by atoms with E-state index in [-0.39, 0.29) is 5.84 Å². The lowest BCUT2D eigenvalue weighted by molar-refractivity contribution is -0.732. The van der Waals surface area contributed by atoms with E-state index in [4.69, 9.17) is 8.83 Å². The highest BCUT2D eigenvalue weighted by Gasteiger charge is 2.47. The van der Waals surface area contributed by atoms with Crippen LogP contribution < -0.4 is 10.3 Å². The van der Waals surface area contributed by atoms with Gasteiger partial charge in [0.25, 0.3) is 12.2 Å². The largest absolute Gasteiger partial charge is 0.462 e. The Bertz CT molecular complexity index is 934.